The zero-order chi connectivity index (χ0) is 14.6. The van der Waals surface area contributed by atoms with Crippen LogP contribution in [0.1, 0.15) is 16.1 Å². The maximum Gasteiger partial charge on any atom is 0.573 e. The molecule has 5 nitrogen and oxygen atoms in total. The van der Waals surface area contributed by atoms with E-state index in [2.05, 4.69) is 19.2 Å². The summed E-state index contributed by atoms with van der Waals surface area (Å²) in [7, 11) is 1.98. The number of ether oxygens (including phenoxy) is 3. The van der Waals surface area contributed by atoms with E-state index in [-0.39, 0.29) is 0 Å². The normalized spacial score (nSPS) is 11.1. The molecule has 0 bridgehead atoms. The van der Waals surface area contributed by atoms with Crippen LogP contribution in [0, 0.1) is 0 Å². The van der Waals surface area contributed by atoms with E-state index in [1.165, 1.54) is 0 Å². The lowest BCUT2D eigenvalue weighted by Crippen LogP contribution is -2.21. The Morgan fingerprint density at radius 3 is 2.42 bits per heavy atom. The van der Waals surface area contributed by atoms with Crippen LogP contribution in [0.4, 0.5) is 17.6 Å². The molecule has 0 spiro atoms. The van der Waals surface area contributed by atoms with E-state index < -0.39 is 41.8 Å². The minimum Gasteiger partial charge on any atom is -0.491 e. The molecule has 0 saturated heterocycles. The van der Waals surface area contributed by atoms with Crippen LogP contribution in [-0.4, -0.2) is 31.5 Å². The molecule has 0 unspecified atom stereocenters. The topological polar surface area (TPSA) is 57.7 Å². The van der Waals surface area contributed by atoms with E-state index in [1.807, 2.05) is 0 Å². The second-order valence-electron chi connectivity index (χ2n) is 3.15. The number of halogens is 4. The summed E-state index contributed by atoms with van der Waals surface area (Å²) in [6, 6.07) is 0. The molecule has 0 fully saturated rings. The molecule has 19 heavy (non-hydrogen) atoms. The molecule has 1 aromatic heterocycles. The third kappa shape index (κ3) is 3.46. The van der Waals surface area contributed by atoms with Crippen molar-refractivity contribution in [3.8, 4) is 11.5 Å². The van der Waals surface area contributed by atoms with Gasteiger partial charge in [-0.15, -0.1) is 13.2 Å². The van der Waals surface area contributed by atoms with Crippen LogP contribution in [0.25, 0.3) is 0 Å². The molecule has 0 radical (unpaired) electrons. The molecule has 1 aromatic rings. The highest BCUT2D eigenvalue weighted by molar-refractivity contribution is 5.94. The summed E-state index contributed by atoms with van der Waals surface area (Å²) in [6.45, 7) is -1.26. The molecule has 0 aliphatic rings. The van der Waals surface area contributed by atoms with E-state index in [4.69, 9.17) is 0 Å². The smallest absolute Gasteiger partial charge is 0.491 e. The number of nitrogens with zero attached hydrogens (tertiary/aromatic N) is 1. The number of esters is 1. The maximum absolute atomic E-state index is 12.7. The Kier molecular flexibility index (Phi) is 4.52. The summed E-state index contributed by atoms with van der Waals surface area (Å²) in [4.78, 5) is 14.9. The van der Waals surface area contributed by atoms with Crippen molar-refractivity contribution in [2.45, 2.75) is 13.0 Å². The zero-order valence-electron chi connectivity index (χ0n) is 9.88. The predicted octanol–water partition coefficient (Wildman–Crippen LogP) is 2.24. The van der Waals surface area contributed by atoms with Gasteiger partial charge in [-0.3, -0.25) is 4.98 Å². The first kappa shape index (κ1) is 15.0. The highest BCUT2D eigenvalue weighted by Crippen LogP contribution is 2.37. The second-order valence-corrected chi connectivity index (χ2v) is 3.15. The first-order chi connectivity index (χ1) is 8.84. The van der Waals surface area contributed by atoms with Crippen LogP contribution >= 0.6 is 0 Å². The Hall–Kier alpha value is -2.06. The van der Waals surface area contributed by atoms with Crippen LogP contribution in [-0.2, 0) is 11.4 Å². The van der Waals surface area contributed by atoms with Crippen molar-refractivity contribution in [1.82, 2.24) is 4.98 Å². The van der Waals surface area contributed by atoms with Crippen LogP contribution in [0.3, 0.4) is 0 Å². The fourth-order valence-electron chi connectivity index (χ4n) is 1.29. The Balaban J connectivity index is 3.47. The van der Waals surface area contributed by atoms with Crippen molar-refractivity contribution < 1.29 is 36.6 Å². The summed E-state index contributed by atoms with van der Waals surface area (Å²) in [5.41, 5.74) is -1.30. The largest absolute Gasteiger partial charge is 0.573 e. The first-order valence-corrected chi connectivity index (χ1v) is 4.80. The highest BCUT2D eigenvalue weighted by atomic mass is 19.4. The molecule has 106 valence electrons. The van der Waals surface area contributed by atoms with Gasteiger partial charge in [-0.05, 0) is 0 Å². The van der Waals surface area contributed by atoms with Gasteiger partial charge >= 0.3 is 12.3 Å². The monoisotopic (exact) mass is 283 g/mol. The van der Waals surface area contributed by atoms with E-state index in [0.29, 0.717) is 0 Å². The van der Waals surface area contributed by atoms with Crippen LogP contribution < -0.4 is 9.47 Å². The number of hydrogen-bond acceptors (Lipinski definition) is 5. The van der Waals surface area contributed by atoms with Gasteiger partial charge in [0.05, 0.1) is 26.1 Å². The Labute approximate surface area is 105 Å². The van der Waals surface area contributed by atoms with Gasteiger partial charge in [-0.1, -0.05) is 0 Å². The van der Waals surface area contributed by atoms with Crippen molar-refractivity contribution in [2.75, 3.05) is 14.2 Å². The predicted molar refractivity (Wildman–Crippen MR) is 53.6 cm³/mol. The standard InChI is InChI=1S/C10H9F4NO4/c1-17-6-4-15-5(3-11)7(9(16)18-2)8(6)19-10(12,13)14/h4H,3H2,1-2H3. The number of rotatable bonds is 4. The average molecular weight is 283 g/mol. The van der Waals surface area contributed by atoms with Crippen LogP contribution in [0.5, 0.6) is 11.5 Å². The summed E-state index contributed by atoms with van der Waals surface area (Å²) >= 11 is 0. The number of aromatic nitrogens is 1. The van der Waals surface area contributed by atoms with E-state index in [9.17, 15) is 22.4 Å². The van der Waals surface area contributed by atoms with Crippen molar-refractivity contribution in [3.05, 3.63) is 17.5 Å². The van der Waals surface area contributed by atoms with Gasteiger partial charge in [0.2, 0.25) is 0 Å². The van der Waals surface area contributed by atoms with Gasteiger partial charge in [0, 0.05) is 0 Å². The van der Waals surface area contributed by atoms with Gasteiger partial charge < -0.3 is 14.2 Å². The molecule has 0 saturated carbocycles. The first-order valence-electron chi connectivity index (χ1n) is 4.80. The zero-order valence-corrected chi connectivity index (χ0v) is 9.88. The molecule has 0 N–H and O–H groups in total. The Bertz CT molecular complexity index is 475. The van der Waals surface area contributed by atoms with Crippen LogP contribution in [0.2, 0.25) is 0 Å². The van der Waals surface area contributed by atoms with E-state index in [1.54, 1.807) is 0 Å². The molecule has 1 heterocycles. The third-order valence-electron chi connectivity index (χ3n) is 2.03. The molecule has 1 rings (SSSR count). The molecule has 0 amide bonds. The number of methoxy groups -OCH3 is 2. The molecule has 0 atom stereocenters. The number of carbonyl (C=O) groups excluding carboxylic acids is 1. The Morgan fingerprint density at radius 1 is 1.37 bits per heavy atom. The van der Waals surface area contributed by atoms with Gasteiger partial charge in [-0.2, -0.15) is 0 Å². The van der Waals surface area contributed by atoms with Crippen molar-refractivity contribution >= 4 is 5.97 Å². The fraction of sp³-hybridized carbons (Fsp3) is 0.400. The quantitative estimate of drug-likeness (QED) is 0.626. The Morgan fingerprint density at radius 2 is 2.00 bits per heavy atom. The number of pyridine rings is 1. The molecular formula is C10H9F4NO4. The lowest BCUT2D eigenvalue weighted by atomic mass is 10.1. The van der Waals surface area contributed by atoms with Crippen molar-refractivity contribution in [2.24, 2.45) is 0 Å². The second kappa shape index (κ2) is 5.72. The van der Waals surface area contributed by atoms with E-state index in [0.717, 1.165) is 20.4 Å². The summed E-state index contributed by atoms with van der Waals surface area (Å²) in [6.07, 6.45) is -4.26. The van der Waals surface area contributed by atoms with E-state index >= 15 is 0 Å². The van der Waals surface area contributed by atoms with Crippen molar-refractivity contribution in [1.29, 1.82) is 0 Å². The molecule has 9 heteroatoms. The summed E-state index contributed by atoms with van der Waals surface area (Å²) < 4.78 is 62.2. The highest BCUT2D eigenvalue weighted by Gasteiger charge is 2.36. The van der Waals surface area contributed by atoms with Crippen LogP contribution in [0.15, 0.2) is 6.20 Å². The molecule has 0 aliphatic carbocycles. The van der Waals surface area contributed by atoms with Gasteiger partial charge in [0.25, 0.3) is 0 Å². The average Bonchev–Trinajstić information content (AvgIpc) is 2.35. The SMILES string of the molecule is COC(=O)c1c(CF)ncc(OC)c1OC(F)(F)F. The maximum atomic E-state index is 12.7. The molecular weight excluding hydrogens is 274 g/mol. The van der Waals surface area contributed by atoms with Crippen molar-refractivity contribution in [3.63, 3.8) is 0 Å². The van der Waals surface area contributed by atoms with Gasteiger partial charge in [-0.25, -0.2) is 9.18 Å². The van der Waals surface area contributed by atoms with Gasteiger partial charge in [0.1, 0.15) is 12.2 Å². The lowest BCUT2D eigenvalue weighted by molar-refractivity contribution is -0.275. The van der Waals surface area contributed by atoms with Gasteiger partial charge in [0.15, 0.2) is 11.5 Å². The molecule has 0 aliphatic heterocycles. The molecule has 0 aromatic carbocycles. The summed E-state index contributed by atoms with van der Waals surface area (Å²) in [5, 5.41) is 0. The number of hydrogen-bond donors (Lipinski definition) is 0. The fourth-order valence-corrected chi connectivity index (χ4v) is 1.29. The number of carbonyl (C=O) groups is 1. The third-order valence-corrected chi connectivity index (χ3v) is 2.03. The minimum absolute atomic E-state index is 0.463. The summed E-state index contributed by atoms with van der Waals surface area (Å²) in [5.74, 6) is -2.65. The minimum atomic E-state index is -5.08. The number of alkyl halides is 4. The lowest BCUT2D eigenvalue weighted by Gasteiger charge is -2.16.